The molecule has 0 radical (unpaired) electrons. The first-order valence-corrected chi connectivity index (χ1v) is 5.92. The van der Waals surface area contributed by atoms with Crippen LogP contribution >= 0.6 is 0 Å². The highest BCUT2D eigenvalue weighted by Gasteiger charge is 2.41. The molecule has 0 amide bonds. The Balaban J connectivity index is 1.93. The van der Waals surface area contributed by atoms with Crippen molar-refractivity contribution in [2.24, 2.45) is 5.92 Å². The minimum Gasteiger partial charge on any atom is -0.488 e. The number of piperidine rings is 1. The van der Waals surface area contributed by atoms with Gasteiger partial charge in [-0.3, -0.25) is 4.98 Å². The maximum absolute atomic E-state index is 12.6. The summed E-state index contributed by atoms with van der Waals surface area (Å²) in [4.78, 5) is 3.49. The van der Waals surface area contributed by atoms with E-state index in [0.717, 1.165) is 24.6 Å². The van der Waals surface area contributed by atoms with Crippen molar-refractivity contribution in [3.8, 4) is 5.75 Å². The van der Waals surface area contributed by atoms with E-state index in [0.29, 0.717) is 11.7 Å². The van der Waals surface area contributed by atoms with Crippen LogP contribution in [0.5, 0.6) is 5.75 Å². The Labute approximate surface area is 102 Å². The van der Waals surface area contributed by atoms with Gasteiger partial charge >= 0.3 is 6.18 Å². The summed E-state index contributed by atoms with van der Waals surface area (Å²) in [6.07, 6.45) is -2.36. The SMILES string of the molecule is C[C@H]1CN[C@H]2c3cnc(C(F)(F)F)cc3O[C@H]2C1. The number of rotatable bonds is 0. The van der Waals surface area contributed by atoms with Crippen molar-refractivity contribution in [2.45, 2.75) is 31.7 Å². The summed E-state index contributed by atoms with van der Waals surface area (Å²) in [5, 5.41) is 3.30. The maximum Gasteiger partial charge on any atom is 0.433 e. The third-order valence-electron chi connectivity index (χ3n) is 3.49. The Morgan fingerprint density at radius 1 is 1.44 bits per heavy atom. The second-order valence-corrected chi connectivity index (χ2v) is 4.99. The molecular weight excluding hydrogens is 245 g/mol. The first-order chi connectivity index (χ1) is 8.45. The zero-order valence-electron chi connectivity index (χ0n) is 9.79. The number of hydrogen-bond acceptors (Lipinski definition) is 3. The fraction of sp³-hybridized carbons (Fsp3) is 0.583. The van der Waals surface area contributed by atoms with Gasteiger partial charge in [0.05, 0.1) is 6.04 Å². The van der Waals surface area contributed by atoms with Crippen LogP contribution in [0.25, 0.3) is 0 Å². The fourth-order valence-electron chi connectivity index (χ4n) is 2.60. The van der Waals surface area contributed by atoms with Gasteiger partial charge in [-0.2, -0.15) is 13.2 Å². The van der Waals surface area contributed by atoms with Crippen LogP contribution in [0, 0.1) is 5.92 Å². The summed E-state index contributed by atoms with van der Waals surface area (Å²) >= 11 is 0. The van der Waals surface area contributed by atoms with Gasteiger partial charge in [-0.15, -0.1) is 0 Å². The van der Waals surface area contributed by atoms with E-state index in [1.165, 1.54) is 6.20 Å². The van der Waals surface area contributed by atoms with E-state index in [1.807, 2.05) is 0 Å². The normalized spacial score (nSPS) is 30.6. The molecule has 0 aliphatic carbocycles. The molecule has 1 aromatic rings. The van der Waals surface area contributed by atoms with E-state index in [-0.39, 0.29) is 12.1 Å². The number of nitrogens with one attached hydrogen (secondary N) is 1. The number of nitrogens with zero attached hydrogens (tertiary/aromatic N) is 1. The van der Waals surface area contributed by atoms with Gasteiger partial charge in [0.2, 0.25) is 0 Å². The van der Waals surface area contributed by atoms with Crippen molar-refractivity contribution in [3.05, 3.63) is 23.5 Å². The number of alkyl halides is 3. The highest BCUT2D eigenvalue weighted by Crippen LogP contribution is 2.42. The predicted octanol–water partition coefficient (Wildman–Crippen LogP) is 2.53. The van der Waals surface area contributed by atoms with Gasteiger partial charge in [0.25, 0.3) is 0 Å². The van der Waals surface area contributed by atoms with E-state index in [9.17, 15) is 13.2 Å². The van der Waals surface area contributed by atoms with Crippen molar-refractivity contribution >= 4 is 0 Å². The lowest BCUT2D eigenvalue weighted by Crippen LogP contribution is -2.41. The molecule has 0 aromatic carbocycles. The summed E-state index contributed by atoms with van der Waals surface area (Å²) in [5.41, 5.74) is -0.159. The van der Waals surface area contributed by atoms with Crippen molar-refractivity contribution < 1.29 is 17.9 Å². The van der Waals surface area contributed by atoms with Crippen molar-refractivity contribution in [1.29, 1.82) is 0 Å². The maximum atomic E-state index is 12.6. The monoisotopic (exact) mass is 258 g/mol. The molecule has 3 atom stereocenters. The smallest absolute Gasteiger partial charge is 0.433 e. The Hall–Kier alpha value is -1.30. The number of pyridine rings is 1. The number of hydrogen-bond donors (Lipinski definition) is 1. The number of halogens is 3. The third kappa shape index (κ3) is 1.84. The molecule has 3 heterocycles. The average molecular weight is 258 g/mol. The van der Waals surface area contributed by atoms with E-state index >= 15 is 0 Å². The lowest BCUT2D eigenvalue weighted by atomic mass is 9.92. The number of fused-ring (bicyclic) bond motifs is 3. The second kappa shape index (κ2) is 3.85. The molecule has 1 aromatic heterocycles. The second-order valence-electron chi connectivity index (χ2n) is 4.99. The molecule has 6 heteroatoms. The van der Waals surface area contributed by atoms with Crippen LogP contribution in [-0.2, 0) is 6.18 Å². The van der Waals surface area contributed by atoms with E-state index in [4.69, 9.17) is 4.74 Å². The minimum atomic E-state index is -4.42. The lowest BCUT2D eigenvalue weighted by molar-refractivity contribution is -0.141. The zero-order valence-corrected chi connectivity index (χ0v) is 9.79. The topological polar surface area (TPSA) is 34.2 Å². The summed E-state index contributed by atoms with van der Waals surface area (Å²) in [7, 11) is 0. The molecule has 3 nitrogen and oxygen atoms in total. The first kappa shape index (κ1) is 11.8. The van der Waals surface area contributed by atoms with Crippen LogP contribution in [0.15, 0.2) is 12.3 Å². The van der Waals surface area contributed by atoms with Gasteiger partial charge in [0.15, 0.2) is 0 Å². The summed E-state index contributed by atoms with van der Waals surface area (Å²) in [5.74, 6) is 0.782. The van der Waals surface area contributed by atoms with Crippen LogP contribution in [0.2, 0.25) is 0 Å². The van der Waals surface area contributed by atoms with Crippen molar-refractivity contribution in [1.82, 2.24) is 10.3 Å². The van der Waals surface area contributed by atoms with Crippen LogP contribution in [0.4, 0.5) is 13.2 Å². The summed E-state index contributed by atoms with van der Waals surface area (Å²) < 4.78 is 43.3. The van der Waals surface area contributed by atoms with E-state index in [2.05, 4.69) is 17.2 Å². The molecule has 1 fully saturated rings. The predicted molar refractivity (Wildman–Crippen MR) is 58.2 cm³/mol. The Morgan fingerprint density at radius 3 is 2.94 bits per heavy atom. The molecular formula is C12H13F3N2O. The molecule has 2 aliphatic rings. The minimum absolute atomic E-state index is 0.0222. The molecule has 0 unspecified atom stereocenters. The van der Waals surface area contributed by atoms with Crippen LogP contribution < -0.4 is 10.1 Å². The Kier molecular flexibility index (Phi) is 2.52. The fourth-order valence-corrected chi connectivity index (χ4v) is 2.60. The van der Waals surface area contributed by atoms with Gasteiger partial charge < -0.3 is 10.1 Å². The average Bonchev–Trinajstić information content (AvgIpc) is 2.63. The van der Waals surface area contributed by atoms with E-state index in [1.54, 1.807) is 0 Å². The molecule has 18 heavy (non-hydrogen) atoms. The molecule has 0 saturated carbocycles. The first-order valence-electron chi connectivity index (χ1n) is 5.92. The van der Waals surface area contributed by atoms with E-state index < -0.39 is 11.9 Å². The summed E-state index contributed by atoms with van der Waals surface area (Å²) in [6.45, 7) is 2.94. The van der Waals surface area contributed by atoms with Gasteiger partial charge in [-0.25, -0.2) is 0 Å². The lowest BCUT2D eigenvalue weighted by Gasteiger charge is -2.29. The third-order valence-corrected chi connectivity index (χ3v) is 3.49. The molecule has 1 N–H and O–H groups in total. The van der Waals surface area contributed by atoms with Gasteiger partial charge in [0.1, 0.15) is 17.5 Å². The van der Waals surface area contributed by atoms with Gasteiger partial charge in [-0.05, 0) is 18.9 Å². The molecule has 2 aliphatic heterocycles. The van der Waals surface area contributed by atoms with Crippen molar-refractivity contribution in [3.63, 3.8) is 0 Å². The summed E-state index contributed by atoms with van der Waals surface area (Å²) in [6, 6.07) is 0.978. The Bertz CT molecular complexity index is 475. The standard InChI is InChI=1S/C12H13F3N2O/c1-6-2-9-11(17-4-6)7-5-16-10(12(13,14)15)3-8(7)18-9/h3,5-6,9,11,17H,2,4H2,1H3/t6-,9+,11+/m1/s1. The molecule has 1 saturated heterocycles. The van der Waals surface area contributed by atoms with Crippen LogP contribution in [-0.4, -0.2) is 17.6 Å². The van der Waals surface area contributed by atoms with Gasteiger partial charge in [-0.1, -0.05) is 6.92 Å². The molecule has 98 valence electrons. The number of aromatic nitrogens is 1. The van der Waals surface area contributed by atoms with Crippen LogP contribution in [0.3, 0.4) is 0 Å². The highest BCUT2D eigenvalue weighted by atomic mass is 19.4. The largest absolute Gasteiger partial charge is 0.488 e. The Morgan fingerprint density at radius 2 is 2.22 bits per heavy atom. The molecule has 0 spiro atoms. The molecule has 0 bridgehead atoms. The van der Waals surface area contributed by atoms with Crippen LogP contribution in [0.1, 0.15) is 30.6 Å². The zero-order chi connectivity index (χ0) is 12.9. The number of ether oxygens (including phenoxy) is 1. The quantitative estimate of drug-likeness (QED) is 0.776. The van der Waals surface area contributed by atoms with Crippen molar-refractivity contribution in [2.75, 3.05) is 6.54 Å². The van der Waals surface area contributed by atoms with Gasteiger partial charge in [0, 0.05) is 17.8 Å². The molecule has 3 rings (SSSR count). The highest BCUT2D eigenvalue weighted by molar-refractivity contribution is 5.41.